The molecule has 0 aliphatic carbocycles. The average Bonchev–Trinajstić information content (AvgIpc) is 2.59. The molecule has 2 unspecified atom stereocenters. The molecular weight excluding hydrogens is 309 g/mol. The fourth-order valence-electron chi connectivity index (χ4n) is 3.68. The van der Waals surface area contributed by atoms with E-state index in [4.69, 9.17) is 0 Å². The zero-order valence-electron chi connectivity index (χ0n) is 13.1. The van der Waals surface area contributed by atoms with Crippen molar-refractivity contribution >= 4 is 11.6 Å². The van der Waals surface area contributed by atoms with E-state index in [1.807, 2.05) is 6.07 Å². The van der Waals surface area contributed by atoms with Gasteiger partial charge in [-0.25, -0.2) is 4.39 Å². The topological polar surface area (TPSA) is 63.1 Å². The van der Waals surface area contributed by atoms with Gasteiger partial charge in [0.15, 0.2) is 0 Å². The Morgan fingerprint density at radius 3 is 2.75 bits per heavy atom. The molecule has 0 spiro atoms. The van der Waals surface area contributed by atoms with Crippen LogP contribution in [0.4, 0.5) is 10.1 Å². The molecule has 5 nitrogen and oxygen atoms in total. The summed E-state index contributed by atoms with van der Waals surface area (Å²) in [6.45, 7) is 2.49. The predicted octanol–water partition coefficient (Wildman–Crippen LogP) is 1.95. The molecule has 1 fully saturated rings. The van der Waals surface area contributed by atoms with Gasteiger partial charge < -0.3 is 15.2 Å². The van der Waals surface area contributed by atoms with E-state index in [1.165, 1.54) is 24.3 Å². The van der Waals surface area contributed by atoms with Crippen LogP contribution in [0.15, 0.2) is 41.2 Å². The van der Waals surface area contributed by atoms with Crippen LogP contribution < -0.4 is 16.2 Å². The van der Waals surface area contributed by atoms with Gasteiger partial charge in [0.25, 0.3) is 11.5 Å². The Kier molecular flexibility index (Phi) is 3.69. The van der Waals surface area contributed by atoms with Crippen molar-refractivity contribution < 1.29 is 9.18 Å². The van der Waals surface area contributed by atoms with Crippen molar-refractivity contribution in [3.63, 3.8) is 0 Å². The summed E-state index contributed by atoms with van der Waals surface area (Å²) in [5.41, 5.74) is 1.45. The molecular formula is C18H18FN3O2. The molecule has 2 aliphatic rings. The first-order valence-corrected chi connectivity index (χ1v) is 8.13. The number of amides is 1. The molecule has 2 atom stereocenters. The molecule has 1 aromatic carbocycles. The largest absolute Gasteiger partial charge is 0.317 e. The van der Waals surface area contributed by atoms with Crippen LogP contribution in [-0.2, 0) is 6.54 Å². The summed E-state index contributed by atoms with van der Waals surface area (Å²) >= 11 is 0. The number of pyridine rings is 1. The minimum atomic E-state index is -0.412. The van der Waals surface area contributed by atoms with Crippen LogP contribution in [0.2, 0.25) is 0 Å². The Hall–Kier alpha value is -2.47. The lowest BCUT2D eigenvalue weighted by atomic mass is 9.84. The molecule has 124 valence electrons. The number of rotatable bonds is 2. The second kappa shape index (κ2) is 5.87. The van der Waals surface area contributed by atoms with Gasteiger partial charge in [-0.1, -0.05) is 0 Å². The van der Waals surface area contributed by atoms with E-state index in [0.29, 0.717) is 23.9 Å². The number of hydrogen-bond acceptors (Lipinski definition) is 3. The molecule has 2 aromatic rings. The molecule has 4 rings (SSSR count). The average molecular weight is 327 g/mol. The van der Waals surface area contributed by atoms with Gasteiger partial charge in [0.2, 0.25) is 0 Å². The maximum atomic E-state index is 13.0. The molecule has 24 heavy (non-hydrogen) atoms. The van der Waals surface area contributed by atoms with Gasteiger partial charge in [-0.2, -0.15) is 0 Å². The molecule has 6 heteroatoms. The van der Waals surface area contributed by atoms with Crippen molar-refractivity contribution in [1.82, 2.24) is 9.88 Å². The van der Waals surface area contributed by atoms with E-state index in [9.17, 15) is 14.0 Å². The lowest BCUT2D eigenvalue weighted by Crippen LogP contribution is -2.45. The van der Waals surface area contributed by atoms with Gasteiger partial charge in [-0.3, -0.25) is 9.59 Å². The second-order valence-corrected chi connectivity index (χ2v) is 6.51. The maximum Gasteiger partial charge on any atom is 0.274 e. The molecule has 2 bridgehead atoms. The predicted molar refractivity (Wildman–Crippen MR) is 88.8 cm³/mol. The van der Waals surface area contributed by atoms with Crippen LogP contribution in [0.1, 0.15) is 28.4 Å². The summed E-state index contributed by atoms with van der Waals surface area (Å²) < 4.78 is 14.7. The minimum Gasteiger partial charge on any atom is -0.317 e. The molecule has 2 aliphatic heterocycles. The van der Waals surface area contributed by atoms with Crippen molar-refractivity contribution in [2.75, 3.05) is 18.4 Å². The fraction of sp³-hybridized carbons (Fsp3) is 0.333. The van der Waals surface area contributed by atoms with Gasteiger partial charge in [-0.05, 0) is 55.3 Å². The normalized spacial score (nSPS) is 21.9. The van der Waals surface area contributed by atoms with Crippen molar-refractivity contribution in [2.45, 2.75) is 18.9 Å². The molecule has 1 saturated heterocycles. The van der Waals surface area contributed by atoms with Gasteiger partial charge in [-0.15, -0.1) is 0 Å². The molecule has 0 radical (unpaired) electrons. The Morgan fingerprint density at radius 2 is 1.96 bits per heavy atom. The van der Waals surface area contributed by atoms with E-state index >= 15 is 0 Å². The summed E-state index contributed by atoms with van der Waals surface area (Å²) in [5, 5.41) is 6.06. The van der Waals surface area contributed by atoms with Crippen molar-refractivity contribution in [1.29, 1.82) is 0 Å². The minimum absolute atomic E-state index is 0.167. The standard InChI is InChI=1S/C18H18FN3O2/c19-14-3-1-12(2-4-14)17(23)21-15-5-6-16-13-7-11(8-20-9-13)10-22(16)18(15)24/h1-6,11,13,20H,7-10H2,(H,21,23). The number of piperidine rings is 1. The van der Waals surface area contributed by atoms with Crippen LogP contribution in [0.25, 0.3) is 0 Å². The Labute approximate surface area is 138 Å². The smallest absolute Gasteiger partial charge is 0.274 e. The maximum absolute atomic E-state index is 13.0. The van der Waals surface area contributed by atoms with Crippen molar-refractivity contribution in [2.24, 2.45) is 5.92 Å². The lowest BCUT2D eigenvalue weighted by molar-refractivity contribution is 0.102. The third-order valence-electron chi connectivity index (χ3n) is 4.86. The summed E-state index contributed by atoms with van der Waals surface area (Å²) in [4.78, 5) is 25.0. The zero-order chi connectivity index (χ0) is 16.7. The monoisotopic (exact) mass is 327 g/mol. The number of benzene rings is 1. The molecule has 2 N–H and O–H groups in total. The lowest BCUT2D eigenvalue weighted by Gasteiger charge is -2.37. The zero-order valence-corrected chi connectivity index (χ0v) is 13.1. The van der Waals surface area contributed by atoms with Gasteiger partial charge in [0, 0.05) is 30.3 Å². The van der Waals surface area contributed by atoms with Gasteiger partial charge in [0.05, 0.1) is 0 Å². The SMILES string of the molecule is O=C(Nc1ccc2n(c1=O)CC1CNCC2C1)c1ccc(F)cc1. The van der Waals surface area contributed by atoms with Gasteiger partial charge in [0.1, 0.15) is 11.5 Å². The van der Waals surface area contributed by atoms with Crippen molar-refractivity contribution in [3.05, 3.63) is 63.8 Å². The number of carbonyl (C=O) groups excluding carboxylic acids is 1. The van der Waals surface area contributed by atoms with E-state index < -0.39 is 11.7 Å². The summed E-state index contributed by atoms with van der Waals surface area (Å²) in [7, 11) is 0. The first kappa shape index (κ1) is 15.1. The number of aromatic nitrogens is 1. The van der Waals surface area contributed by atoms with E-state index in [2.05, 4.69) is 10.6 Å². The van der Waals surface area contributed by atoms with Gasteiger partial charge >= 0.3 is 0 Å². The second-order valence-electron chi connectivity index (χ2n) is 6.51. The first-order chi connectivity index (χ1) is 11.6. The Bertz CT molecular complexity index is 844. The quantitative estimate of drug-likeness (QED) is 0.886. The molecule has 1 aromatic heterocycles. The van der Waals surface area contributed by atoms with E-state index in [0.717, 1.165) is 25.2 Å². The number of anilines is 1. The van der Waals surface area contributed by atoms with Crippen LogP contribution in [-0.4, -0.2) is 23.6 Å². The molecule has 1 amide bonds. The highest BCUT2D eigenvalue weighted by atomic mass is 19.1. The number of hydrogen-bond donors (Lipinski definition) is 2. The molecule has 0 saturated carbocycles. The number of fused-ring (bicyclic) bond motifs is 4. The third kappa shape index (κ3) is 2.63. The number of nitrogens with one attached hydrogen (secondary N) is 2. The van der Waals surface area contributed by atoms with Crippen LogP contribution >= 0.6 is 0 Å². The highest BCUT2D eigenvalue weighted by molar-refractivity contribution is 6.04. The Balaban J connectivity index is 1.63. The van der Waals surface area contributed by atoms with E-state index in [1.54, 1.807) is 10.6 Å². The highest BCUT2D eigenvalue weighted by Crippen LogP contribution is 2.32. The fourth-order valence-corrected chi connectivity index (χ4v) is 3.68. The molecule has 3 heterocycles. The number of carbonyl (C=O) groups is 1. The van der Waals surface area contributed by atoms with Crippen LogP contribution in [0.3, 0.4) is 0 Å². The van der Waals surface area contributed by atoms with E-state index in [-0.39, 0.29) is 11.2 Å². The van der Waals surface area contributed by atoms with Crippen molar-refractivity contribution in [3.8, 4) is 0 Å². The van der Waals surface area contributed by atoms with Crippen LogP contribution in [0.5, 0.6) is 0 Å². The number of nitrogens with zero attached hydrogens (tertiary/aromatic N) is 1. The summed E-state index contributed by atoms with van der Waals surface area (Å²) in [6.07, 6.45) is 1.10. The third-order valence-corrected chi connectivity index (χ3v) is 4.86. The summed E-state index contributed by atoms with van der Waals surface area (Å²) in [5.74, 6) is -0.00470. The highest BCUT2D eigenvalue weighted by Gasteiger charge is 2.31. The number of halogens is 1. The summed E-state index contributed by atoms with van der Waals surface area (Å²) in [6, 6.07) is 8.85. The van der Waals surface area contributed by atoms with Crippen LogP contribution in [0, 0.1) is 11.7 Å². The first-order valence-electron chi connectivity index (χ1n) is 8.13. The Morgan fingerprint density at radius 1 is 1.17 bits per heavy atom.